The number of nitrogens with one attached hydrogen (secondary N) is 1. The van der Waals surface area contributed by atoms with Crippen molar-refractivity contribution >= 4 is 17.8 Å². The molecule has 1 heterocycles. The SMILES string of the molecule is N[C@H](Cc1ccccc1)C(=O)N[C@@H](Cc1ccccc1)C(=O)N1CCC[C@@H]1C(=[OH+])OCc1ccccc1. The summed E-state index contributed by atoms with van der Waals surface area (Å²) < 4.78 is 5.65. The number of nitrogens with zero attached hydrogens (tertiary/aromatic N) is 1. The fourth-order valence-electron chi connectivity index (χ4n) is 4.60. The van der Waals surface area contributed by atoms with Crippen molar-refractivity contribution in [1.29, 1.82) is 0 Å². The molecule has 7 nitrogen and oxygen atoms in total. The standard InChI is InChI=1S/C30H33N3O4/c31-25(19-22-11-4-1-5-12-22)28(34)32-26(20-23-13-6-2-7-14-23)29(35)33-18-10-17-27(33)30(36)37-21-24-15-8-3-9-16-24/h1-9,11-16,25-27H,10,17-21,31H2,(H,32,34)/p+1/t25-,26+,27-/m1/s1. The van der Waals surface area contributed by atoms with Gasteiger partial charge in [-0.2, -0.15) is 0 Å². The van der Waals surface area contributed by atoms with Gasteiger partial charge in [0, 0.05) is 18.5 Å². The van der Waals surface area contributed by atoms with Gasteiger partial charge in [-0.3, -0.25) is 9.59 Å². The summed E-state index contributed by atoms with van der Waals surface area (Å²) in [5, 5.41) is 2.89. The van der Waals surface area contributed by atoms with Crippen molar-refractivity contribution < 1.29 is 19.1 Å². The van der Waals surface area contributed by atoms with Crippen LogP contribution in [-0.2, 0) is 33.8 Å². The molecule has 1 saturated heterocycles. The van der Waals surface area contributed by atoms with Gasteiger partial charge in [-0.1, -0.05) is 91.0 Å². The Morgan fingerprint density at radius 3 is 2.03 bits per heavy atom. The van der Waals surface area contributed by atoms with Gasteiger partial charge in [0.15, 0.2) is 6.04 Å². The third kappa shape index (κ3) is 7.27. The van der Waals surface area contributed by atoms with Crippen molar-refractivity contribution in [2.45, 2.75) is 50.4 Å². The first-order chi connectivity index (χ1) is 18.0. The monoisotopic (exact) mass is 500 g/mol. The molecule has 2 amide bonds. The summed E-state index contributed by atoms with van der Waals surface area (Å²) in [4.78, 5) is 39.1. The van der Waals surface area contributed by atoms with Crippen molar-refractivity contribution in [3.8, 4) is 0 Å². The molecule has 0 bridgehead atoms. The molecule has 0 saturated carbocycles. The van der Waals surface area contributed by atoms with E-state index in [-0.39, 0.29) is 24.4 Å². The topological polar surface area (TPSA) is 106 Å². The minimum absolute atomic E-state index is 0.180. The molecule has 3 atom stereocenters. The minimum atomic E-state index is -0.820. The summed E-state index contributed by atoms with van der Waals surface area (Å²) >= 11 is 0. The van der Waals surface area contributed by atoms with Gasteiger partial charge in [0.1, 0.15) is 6.04 Å². The minimum Gasteiger partial charge on any atom is -0.343 e. The lowest BCUT2D eigenvalue weighted by atomic mass is 10.0. The van der Waals surface area contributed by atoms with Crippen LogP contribution in [0.3, 0.4) is 0 Å². The molecule has 3 aromatic rings. The van der Waals surface area contributed by atoms with Crippen molar-refractivity contribution in [3.05, 3.63) is 108 Å². The van der Waals surface area contributed by atoms with Gasteiger partial charge in [0.2, 0.25) is 18.4 Å². The van der Waals surface area contributed by atoms with E-state index in [4.69, 9.17) is 10.5 Å². The zero-order valence-corrected chi connectivity index (χ0v) is 20.8. The Hall–Kier alpha value is -3.97. The summed E-state index contributed by atoms with van der Waals surface area (Å²) in [6.45, 7) is 0.684. The Bertz CT molecular complexity index is 1170. The van der Waals surface area contributed by atoms with E-state index in [0.29, 0.717) is 25.8 Å². The number of benzene rings is 3. The molecule has 0 aliphatic carbocycles. The average molecular weight is 501 g/mol. The van der Waals surface area contributed by atoms with Gasteiger partial charge in [-0.05, 0) is 30.4 Å². The van der Waals surface area contributed by atoms with Gasteiger partial charge < -0.3 is 25.5 Å². The predicted octanol–water partition coefficient (Wildman–Crippen LogP) is 2.99. The fraction of sp³-hybridized carbons (Fsp3) is 0.300. The van der Waals surface area contributed by atoms with Crippen molar-refractivity contribution in [2.24, 2.45) is 5.73 Å². The second kappa shape index (κ2) is 12.8. The highest BCUT2D eigenvalue weighted by Crippen LogP contribution is 2.21. The highest BCUT2D eigenvalue weighted by atomic mass is 16.5. The number of rotatable bonds is 10. The Morgan fingerprint density at radius 1 is 0.892 bits per heavy atom. The lowest BCUT2D eigenvalue weighted by Crippen LogP contribution is -2.55. The molecule has 0 radical (unpaired) electrons. The van der Waals surface area contributed by atoms with E-state index in [1.165, 1.54) is 0 Å². The van der Waals surface area contributed by atoms with Gasteiger partial charge in [0.25, 0.3) is 0 Å². The van der Waals surface area contributed by atoms with Crippen LogP contribution in [0.4, 0.5) is 0 Å². The van der Waals surface area contributed by atoms with Crippen LogP contribution >= 0.6 is 0 Å². The highest BCUT2D eigenvalue weighted by Gasteiger charge is 2.42. The lowest BCUT2D eigenvalue weighted by molar-refractivity contribution is -0.136. The number of ether oxygens (including phenoxy) is 1. The Balaban J connectivity index is 1.45. The number of hydrogen-bond donors (Lipinski definition) is 2. The first kappa shape index (κ1) is 26.1. The Morgan fingerprint density at radius 2 is 1.43 bits per heavy atom. The fourth-order valence-corrected chi connectivity index (χ4v) is 4.60. The molecule has 1 aliphatic rings. The predicted molar refractivity (Wildman–Crippen MR) is 143 cm³/mol. The van der Waals surface area contributed by atoms with Crippen molar-refractivity contribution in [1.82, 2.24) is 10.2 Å². The molecule has 192 valence electrons. The Kier molecular flexibility index (Phi) is 9.05. The molecule has 0 spiro atoms. The number of esters is 1. The van der Waals surface area contributed by atoms with E-state index in [2.05, 4.69) is 5.32 Å². The summed E-state index contributed by atoms with van der Waals surface area (Å²) in [5.41, 5.74) is 9.00. The third-order valence-electron chi connectivity index (χ3n) is 6.58. The summed E-state index contributed by atoms with van der Waals surface area (Å²) in [7, 11) is 0. The highest BCUT2D eigenvalue weighted by molar-refractivity contribution is 5.92. The smallest absolute Gasteiger partial charge is 0.343 e. The van der Waals surface area contributed by atoms with E-state index in [9.17, 15) is 14.4 Å². The van der Waals surface area contributed by atoms with E-state index >= 15 is 0 Å². The van der Waals surface area contributed by atoms with E-state index in [0.717, 1.165) is 23.1 Å². The van der Waals surface area contributed by atoms with Gasteiger partial charge in [-0.25, -0.2) is 0 Å². The molecule has 0 unspecified atom stereocenters. The van der Waals surface area contributed by atoms with Crippen molar-refractivity contribution in [3.63, 3.8) is 0 Å². The summed E-state index contributed by atoms with van der Waals surface area (Å²) in [5.74, 6) is -0.829. The molecular weight excluding hydrogens is 466 g/mol. The molecular formula is C30H34N3O4+. The summed E-state index contributed by atoms with van der Waals surface area (Å²) in [6, 6.07) is 26.5. The molecule has 7 heteroatoms. The van der Waals surface area contributed by atoms with Gasteiger partial charge in [-0.15, -0.1) is 0 Å². The average Bonchev–Trinajstić information content (AvgIpc) is 3.43. The van der Waals surface area contributed by atoms with Crippen LogP contribution in [-0.4, -0.2) is 52.1 Å². The Labute approximate surface area is 217 Å². The maximum Gasteiger partial charge on any atom is 0.506 e. The maximum atomic E-state index is 13.7. The van der Waals surface area contributed by atoms with Crippen LogP contribution in [0.2, 0.25) is 0 Å². The van der Waals surface area contributed by atoms with Crippen molar-refractivity contribution in [2.75, 3.05) is 6.54 Å². The van der Waals surface area contributed by atoms with Crippen LogP contribution in [0.15, 0.2) is 91.0 Å². The number of likely N-dealkylation sites (tertiary alicyclic amines) is 1. The van der Waals surface area contributed by atoms with Crippen LogP contribution in [0.5, 0.6) is 0 Å². The number of nitrogens with two attached hydrogens (primary N) is 1. The first-order valence-corrected chi connectivity index (χ1v) is 12.7. The number of carbonyl (C=O) groups excluding carboxylic acids is 3. The molecule has 1 fully saturated rings. The third-order valence-corrected chi connectivity index (χ3v) is 6.58. The van der Waals surface area contributed by atoms with E-state index in [1.54, 1.807) is 4.90 Å². The quantitative estimate of drug-likeness (QED) is 0.330. The normalized spacial score (nSPS) is 16.6. The van der Waals surface area contributed by atoms with Gasteiger partial charge in [0.05, 0.1) is 6.04 Å². The molecule has 1 aliphatic heterocycles. The summed E-state index contributed by atoms with van der Waals surface area (Å²) in [6.07, 6.45) is 2.01. The van der Waals surface area contributed by atoms with E-state index in [1.807, 2.05) is 91.0 Å². The largest absolute Gasteiger partial charge is 0.506 e. The van der Waals surface area contributed by atoms with E-state index < -0.39 is 18.1 Å². The maximum absolute atomic E-state index is 13.7. The van der Waals surface area contributed by atoms with Crippen LogP contribution in [0, 0.1) is 0 Å². The molecule has 0 aromatic heterocycles. The number of hydrogen-bond acceptors (Lipinski definition) is 4. The molecule has 4 N–H and O–H groups in total. The zero-order valence-electron chi connectivity index (χ0n) is 20.8. The number of carbonyl (C=O) groups is 2. The molecule has 3 aromatic carbocycles. The van der Waals surface area contributed by atoms with Crippen LogP contribution in [0.1, 0.15) is 29.5 Å². The molecule has 37 heavy (non-hydrogen) atoms. The molecule has 4 rings (SSSR count). The zero-order chi connectivity index (χ0) is 26.0. The lowest BCUT2D eigenvalue weighted by Gasteiger charge is -2.27. The van der Waals surface area contributed by atoms with Crippen LogP contribution in [0.25, 0.3) is 0 Å². The van der Waals surface area contributed by atoms with Crippen LogP contribution < -0.4 is 11.1 Å². The van der Waals surface area contributed by atoms with Gasteiger partial charge >= 0.3 is 5.97 Å². The first-order valence-electron chi connectivity index (χ1n) is 12.7. The second-order valence-corrected chi connectivity index (χ2v) is 9.35. The second-order valence-electron chi connectivity index (χ2n) is 9.35. The number of amides is 2.